The van der Waals surface area contributed by atoms with E-state index in [9.17, 15) is 4.79 Å². The highest BCUT2D eigenvalue weighted by molar-refractivity contribution is 5.85. The molecular weight excluding hydrogens is 158 g/mol. The largest absolute Gasteiger partial charge is 0.477 e. The van der Waals surface area contributed by atoms with Crippen LogP contribution >= 0.6 is 12.4 Å². The van der Waals surface area contributed by atoms with Crippen LogP contribution in [-0.4, -0.2) is 21.5 Å². The summed E-state index contributed by atoms with van der Waals surface area (Å²) >= 11 is 0. The molecule has 0 saturated heterocycles. The van der Waals surface area contributed by atoms with E-state index in [1.807, 2.05) is 0 Å². The summed E-state index contributed by atoms with van der Waals surface area (Å²) in [5.41, 5.74) is 0.227. The van der Waals surface area contributed by atoms with E-state index < -0.39 is 5.97 Å². The Hall–Kier alpha value is -1.00. The van der Waals surface area contributed by atoms with Crippen LogP contribution in [0, 0.1) is 0 Å². The van der Waals surface area contributed by atoms with Crippen molar-refractivity contribution in [2.24, 2.45) is 0 Å². The zero-order chi connectivity index (χ0) is 5.98. The van der Waals surface area contributed by atoms with Gasteiger partial charge in [0.15, 0.2) is 0 Å². The maximum atomic E-state index is 10.0. The minimum atomic E-state index is -0.921. The normalized spacial score (nSPS) is 7.20. The Labute approximate surface area is 63.6 Å². The number of hydrogen-bond acceptors (Lipinski definition) is 1. The number of carboxylic acid groups (broad SMARTS) is 1. The number of carbonyl (C=O) groups is 1. The van der Waals surface area contributed by atoms with Gasteiger partial charge in [0.1, 0.15) is 5.69 Å². The maximum Gasteiger partial charge on any atom is 0.352 e. The van der Waals surface area contributed by atoms with E-state index in [1.165, 1.54) is 6.07 Å². The predicted octanol–water partition coefficient (Wildman–Crippen LogP) is 0.310. The van der Waals surface area contributed by atoms with Gasteiger partial charge in [-0.3, -0.25) is 0 Å². The Morgan fingerprint density at radius 1 is 1.60 bits per heavy atom. The average Bonchev–Trinajstić information content (AvgIpc) is 2.12. The van der Waals surface area contributed by atoms with Gasteiger partial charge in [0.2, 0.25) is 0 Å². The lowest BCUT2D eigenvalue weighted by molar-refractivity contribution is 0.0691. The Kier molecular flexibility index (Phi) is 5.69. The molecule has 10 heavy (non-hydrogen) atoms. The monoisotopic (exact) mass is 165 g/mol. The first kappa shape index (κ1) is 11.8. The first-order valence-corrected chi connectivity index (χ1v) is 2.17. The van der Waals surface area contributed by atoms with E-state index in [1.54, 1.807) is 12.3 Å². The van der Waals surface area contributed by atoms with Crippen LogP contribution in [-0.2, 0) is 0 Å². The van der Waals surface area contributed by atoms with Gasteiger partial charge in [-0.2, -0.15) is 0 Å². The van der Waals surface area contributed by atoms with E-state index in [4.69, 9.17) is 5.11 Å². The summed E-state index contributed by atoms with van der Waals surface area (Å²) in [6.45, 7) is 0. The molecule has 5 heteroatoms. The molecule has 0 aliphatic carbocycles. The van der Waals surface area contributed by atoms with Crippen molar-refractivity contribution in [3.8, 4) is 0 Å². The smallest absolute Gasteiger partial charge is 0.352 e. The van der Waals surface area contributed by atoms with Gasteiger partial charge in [-0.15, -0.1) is 12.4 Å². The van der Waals surface area contributed by atoms with Crippen LogP contribution in [0.2, 0.25) is 0 Å². The lowest BCUT2D eigenvalue weighted by atomic mass is 10.4. The van der Waals surface area contributed by atoms with Crippen molar-refractivity contribution in [2.75, 3.05) is 0 Å². The second-order valence-corrected chi connectivity index (χ2v) is 1.39. The first-order valence-electron chi connectivity index (χ1n) is 2.17. The predicted molar refractivity (Wildman–Crippen MR) is 38.6 cm³/mol. The minimum absolute atomic E-state index is 0. The van der Waals surface area contributed by atoms with Crippen molar-refractivity contribution < 1.29 is 15.4 Å². The fourth-order valence-corrected chi connectivity index (χ4v) is 0.463. The van der Waals surface area contributed by atoms with Crippen LogP contribution in [0.15, 0.2) is 18.3 Å². The second-order valence-electron chi connectivity index (χ2n) is 1.39. The molecule has 0 spiro atoms. The third-order valence-electron chi connectivity index (χ3n) is 0.828. The Bertz CT molecular complexity index is 185. The summed E-state index contributed by atoms with van der Waals surface area (Å²) in [6, 6.07) is 3.14. The van der Waals surface area contributed by atoms with Crippen LogP contribution < -0.4 is 0 Å². The molecule has 58 valence electrons. The highest BCUT2D eigenvalue weighted by Gasteiger charge is 1.98. The molecule has 0 aliphatic rings. The molecule has 1 rings (SSSR count). The molecule has 0 fully saturated rings. The van der Waals surface area contributed by atoms with Gasteiger partial charge >= 0.3 is 5.97 Å². The molecule has 1 aromatic heterocycles. The van der Waals surface area contributed by atoms with Crippen molar-refractivity contribution in [1.29, 1.82) is 0 Å². The summed E-state index contributed by atoms with van der Waals surface area (Å²) in [5, 5.41) is 8.24. The lowest BCUT2D eigenvalue weighted by Gasteiger charge is -1.80. The number of rotatable bonds is 1. The van der Waals surface area contributed by atoms with E-state index in [0.717, 1.165) is 0 Å². The molecule has 0 amide bonds. The van der Waals surface area contributed by atoms with Crippen LogP contribution in [0.1, 0.15) is 10.5 Å². The molecule has 0 saturated carbocycles. The zero-order valence-electron chi connectivity index (χ0n) is 5.00. The van der Waals surface area contributed by atoms with Crippen LogP contribution in [0.25, 0.3) is 0 Å². The maximum absolute atomic E-state index is 10.0. The molecule has 0 aliphatic heterocycles. The summed E-state index contributed by atoms with van der Waals surface area (Å²) in [6.07, 6.45) is 1.57. The van der Waals surface area contributed by atoms with E-state index in [-0.39, 0.29) is 23.6 Å². The lowest BCUT2D eigenvalue weighted by Crippen LogP contribution is -1.94. The Balaban J connectivity index is 0. The van der Waals surface area contributed by atoms with E-state index in [0.29, 0.717) is 0 Å². The summed E-state index contributed by atoms with van der Waals surface area (Å²) in [5.74, 6) is -0.921. The standard InChI is InChI=1S/C5H5NO2.ClH.H2O/c7-5(8)4-2-1-3-6-4;;/h1-3,6H,(H,7,8);1H;1H2. The Morgan fingerprint density at radius 3 is 2.40 bits per heavy atom. The van der Waals surface area contributed by atoms with Crippen LogP contribution in [0.3, 0.4) is 0 Å². The van der Waals surface area contributed by atoms with Gasteiger partial charge < -0.3 is 15.6 Å². The molecule has 1 heterocycles. The summed E-state index contributed by atoms with van der Waals surface area (Å²) < 4.78 is 0. The van der Waals surface area contributed by atoms with Gasteiger partial charge in [0, 0.05) is 6.20 Å². The highest BCUT2D eigenvalue weighted by Crippen LogP contribution is 1.91. The summed E-state index contributed by atoms with van der Waals surface area (Å²) in [4.78, 5) is 12.6. The van der Waals surface area contributed by atoms with Gasteiger partial charge in [-0.1, -0.05) is 0 Å². The SMILES string of the molecule is Cl.O.O=C(O)c1ccc[nH]1. The second kappa shape index (κ2) is 4.84. The van der Waals surface area contributed by atoms with Crippen molar-refractivity contribution in [3.05, 3.63) is 24.0 Å². The molecule has 0 aromatic carbocycles. The zero-order valence-corrected chi connectivity index (χ0v) is 5.81. The van der Waals surface area contributed by atoms with Crippen molar-refractivity contribution in [2.45, 2.75) is 0 Å². The van der Waals surface area contributed by atoms with Gasteiger partial charge in [0.05, 0.1) is 0 Å². The molecule has 0 atom stereocenters. The van der Waals surface area contributed by atoms with Crippen molar-refractivity contribution >= 4 is 18.4 Å². The van der Waals surface area contributed by atoms with Crippen molar-refractivity contribution in [1.82, 2.24) is 4.98 Å². The van der Waals surface area contributed by atoms with Crippen molar-refractivity contribution in [3.63, 3.8) is 0 Å². The number of aromatic amines is 1. The number of aromatic carboxylic acids is 1. The number of H-pyrrole nitrogens is 1. The van der Waals surface area contributed by atoms with Gasteiger partial charge in [-0.25, -0.2) is 4.79 Å². The fraction of sp³-hybridized carbons (Fsp3) is 0. The van der Waals surface area contributed by atoms with Crippen LogP contribution in [0.5, 0.6) is 0 Å². The molecule has 1 aromatic rings. The third-order valence-corrected chi connectivity index (χ3v) is 0.828. The number of halogens is 1. The Morgan fingerprint density at radius 2 is 2.20 bits per heavy atom. The quantitative estimate of drug-likeness (QED) is 0.628. The molecule has 0 radical (unpaired) electrons. The number of hydrogen-bond donors (Lipinski definition) is 2. The number of aromatic nitrogens is 1. The fourth-order valence-electron chi connectivity index (χ4n) is 0.463. The average molecular weight is 166 g/mol. The molecule has 4 N–H and O–H groups in total. The van der Waals surface area contributed by atoms with E-state index in [2.05, 4.69) is 4.98 Å². The van der Waals surface area contributed by atoms with Gasteiger partial charge in [0.25, 0.3) is 0 Å². The third kappa shape index (κ3) is 2.52. The van der Waals surface area contributed by atoms with Crippen LogP contribution in [0.4, 0.5) is 0 Å². The molecule has 0 unspecified atom stereocenters. The van der Waals surface area contributed by atoms with Gasteiger partial charge in [-0.05, 0) is 12.1 Å². The van der Waals surface area contributed by atoms with E-state index >= 15 is 0 Å². The molecule has 0 bridgehead atoms. The number of carboxylic acids is 1. The topological polar surface area (TPSA) is 84.6 Å². The summed E-state index contributed by atoms with van der Waals surface area (Å²) in [7, 11) is 0. The minimum Gasteiger partial charge on any atom is -0.477 e. The number of nitrogens with one attached hydrogen (secondary N) is 1. The molecular formula is C5H8ClNO3. The first-order chi connectivity index (χ1) is 3.80. The highest BCUT2D eigenvalue weighted by atomic mass is 35.5. The molecule has 4 nitrogen and oxygen atoms in total.